The number of ether oxygens (including phenoxy) is 1. The highest BCUT2D eigenvalue weighted by Gasteiger charge is 2.16. The predicted octanol–water partition coefficient (Wildman–Crippen LogP) is 3.61. The molecule has 0 fully saturated rings. The summed E-state index contributed by atoms with van der Waals surface area (Å²) in [4.78, 5) is 8.11. The van der Waals surface area contributed by atoms with Crippen LogP contribution >= 0.6 is 0 Å². The summed E-state index contributed by atoms with van der Waals surface area (Å²) in [6, 6.07) is 0.866. The maximum Gasteiger partial charge on any atom is 0.194 e. The van der Waals surface area contributed by atoms with Gasteiger partial charge in [0.1, 0.15) is 18.8 Å². The summed E-state index contributed by atoms with van der Waals surface area (Å²) in [5, 5.41) is 0. The van der Waals surface area contributed by atoms with Gasteiger partial charge < -0.3 is 4.74 Å². The Kier molecular flexibility index (Phi) is 5.32. The summed E-state index contributed by atoms with van der Waals surface area (Å²) in [7, 11) is 0. The third-order valence-electron chi connectivity index (χ3n) is 3.01. The molecule has 4 nitrogen and oxygen atoms in total. The molecule has 0 atom stereocenters. The van der Waals surface area contributed by atoms with Crippen molar-refractivity contribution in [1.29, 1.82) is 0 Å². The zero-order valence-electron chi connectivity index (χ0n) is 12.3. The first-order chi connectivity index (χ1) is 10.5. The van der Waals surface area contributed by atoms with Gasteiger partial charge in [-0.2, -0.15) is 0 Å². The molecule has 0 saturated heterocycles. The Balaban J connectivity index is 2.41. The number of benzene rings is 1. The van der Waals surface area contributed by atoms with E-state index in [1.165, 1.54) is 13.3 Å². The van der Waals surface area contributed by atoms with Crippen LogP contribution in [0.25, 0.3) is 0 Å². The first-order valence-corrected chi connectivity index (χ1v) is 6.82. The number of rotatable bonds is 5. The normalized spacial score (nSPS) is 12.0. The summed E-state index contributed by atoms with van der Waals surface area (Å²) in [6.07, 6.45) is 5.52. The Labute approximate surface area is 126 Å². The van der Waals surface area contributed by atoms with Gasteiger partial charge in [-0.1, -0.05) is 6.92 Å². The first-order valence-electron chi connectivity index (χ1n) is 6.82. The van der Waals surface area contributed by atoms with Crippen LogP contribution in [0.15, 0.2) is 29.8 Å². The van der Waals surface area contributed by atoms with Crippen molar-refractivity contribution in [3.05, 3.63) is 47.8 Å². The number of aromatic nitrogens is 2. The molecule has 0 aliphatic heterocycles. The molecule has 118 valence electrons. The van der Waals surface area contributed by atoms with Gasteiger partial charge >= 0.3 is 0 Å². The van der Waals surface area contributed by atoms with E-state index in [1.54, 1.807) is 17.0 Å². The van der Waals surface area contributed by atoms with Crippen LogP contribution in [0.4, 0.5) is 18.9 Å². The maximum atomic E-state index is 13.6. The van der Waals surface area contributed by atoms with E-state index in [9.17, 15) is 13.2 Å². The lowest BCUT2D eigenvalue weighted by Crippen LogP contribution is -2.17. The van der Waals surface area contributed by atoms with Gasteiger partial charge in [0.05, 0.1) is 5.69 Å². The minimum Gasteiger partial charge on any atom is -0.374 e. The van der Waals surface area contributed by atoms with Gasteiger partial charge in [-0.05, 0) is 13.3 Å². The van der Waals surface area contributed by atoms with Crippen molar-refractivity contribution in [1.82, 2.24) is 9.55 Å². The molecule has 0 amide bonds. The molecule has 0 N–H and O–H groups in total. The second-order valence-electron chi connectivity index (χ2n) is 4.68. The van der Waals surface area contributed by atoms with Gasteiger partial charge in [0.15, 0.2) is 17.5 Å². The standard InChI is InChI=1S/C15H16F3N3O/c1-3-6-22-8-13(21-5-4-19-9-21)20-12-7-11(16)15(18)14(17)10(12)2/h4-5,7,9H,3,6,8H2,1-2H3. The van der Waals surface area contributed by atoms with Gasteiger partial charge in [0.25, 0.3) is 0 Å². The van der Waals surface area contributed by atoms with E-state index in [-0.39, 0.29) is 17.9 Å². The summed E-state index contributed by atoms with van der Waals surface area (Å²) in [5.41, 5.74) is -0.0489. The average molecular weight is 311 g/mol. The van der Waals surface area contributed by atoms with Crippen molar-refractivity contribution in [2.45, 2.75) is 20.3 Å². The average Bonchev–Trinajstić information content (AvgIpc) is 3.03. The summed E-state index contributed by atoms with van der Waals surface area (Å²) >= 11 is 0. The number of aliphatic imine (C=N–C) groups is 1. The highest BCUT2D eigenvalue weighted by atomic mass is 19.2. The second kappa shape index (κ2) is 7.22. The van der Waals surface area contributed by atoms with Gasteiger partial charge in [-0.25, -0.2) is 23.1 Å². The highest BCUT2D eigenvalue weighted by Crippen LogP contribution is 2.26. The summed E-state index contributed by atoms with van der Waals surface area (Å²) in [5.74, 6) is -3.61. The van der Waals surface area contributed by atoms with Crippen molar-refractivity contribution < 1.29 is 17.9 Å². The van der Waals surface area contributed by atoms with Crippen LogP contribution in [0.2, 0.25) is 0 Å². The Morgan fingerprint density at radius 3 is 2.73 bits per heavy atom. The van der Waals surface area contributed by atoms with Gasteiger partial charge in [0.2, 0.25) is 0 Å². The monoisotopic (exact) mass is 311 g/mol. The Bertz CT molecular complexity index is 669. The number of nitrogens with zero attached hydrogens (tertiary/aromatic N) is 3. The third kappa shape index (κ3) is 3.54. The molecule has 1 heterocycles. The minimum absolute atomic E-state index is 0.0141. The van der Waals surface area contributed by atoms with Crippen LogP contribution in [0.3, 0.4) is 0 Å². The van der Waals surface area contributed by atoms with E-state index in [0.717, 1.165) is 12.5 Å². The number of hydrogen-bond donors (Lipinski definition) is 0. The van der Waals surface area contributed by atoms with Gasteiger partial charge in [-0.15, -0.1) is 0 Å². The van der Waals surface area contributed by atoms with Crippen LogP contribution in [0, 0.1) is 24.4 Å². The molecule has 0 unspecified atom stereocenters. The Morgan fingerprint density at radius 1 is 1.32 bits per heavy atom. The van der Waals surface area contributed by atoms with E-state index in [1.807, 2.05) is 6.92 Å². The number of imidazole rings is 1. The zero-order chi connectivity index (χ0) is 16.1. The van der Waals surface area contributed by atoms with Crippen molar-refractivity contribution >= 4 is 11.5 Å². The topological polar surface area (TPSA) is 39.4 Å². The van der Waals surface area contributed by atoms with Crippen molar-refractivity contribution in [2.24, 2.45) is 4.99 Å². The van der Waals surface area contributed by atoms with E-state index < -0.39 is 17.5 Å². The quantitative estimate of drug-likeness (QED) is 0.366. The van der Waals surface area contributed by atoms with Crippen molar-refractivity contribution in [3.8, 4) is 0 Å². The van der Waals surface area contributed by atoms with Crippen LogP contribution in [0.5, 0.6) is 0 Å². The Hall–Kier alpha value is -2.15. The molecule has 0 radical (unpaired) electrons. The minimum atomic E-state index is -1.50. The zero-order valence-corrected chi connectivity index (χ0v) is 12.3. The van der Waals surface area contributed by atoms with Crippen LogP contribution in [-0.2, 0) is 4.74 Å². The third-order valence-corrected chi connectivity index (χ3v) is 3.01. The molecule has 7 heteroatoms. The molecule has 0 aliphatic rings. The molecule has 22 heavy (non-hydrogen) atoms. The second-order valence-corrected chi connectivity index (χ2v) is 4.68. The fourth-order valence-electron chi connectivity index (χ4n) is 1.81. The smallest absolute Gasteiger partial charge is 0.194 e. The molecular formula is C15H16F3N3O. The van der Waals surface area contributed by atoms with Crippen LogP contribution in [0.1, 0.15) is 18.9 Å². The van der Waals surface area contributed by atoms with E-state index >= 15 is 0 Å². The highest BCUT2D eigenvalue weighted by molar-refractivity contribution is 5.88. The maximum absolute atomic E-state index is 13.6. The lowest BCUT2D eigenvalue weighted by Gasteiger charge is -2.10. The molecule has 0 spiro atoms. The number of hydrogen-bond acceptors (Lipinski definition) is 3. The molecule has 2 aromatic rings. The predicted molar refractivity (Wildman–Crippen MR) is 76.9 cm³/mol. The summed E-state index contributed by atoms with van der Waals surface area (Å²) < 4.78 is 47.2. The van der Waals surface area contributed by atoms with E-state index in [4.69, 9.17) is 4.74 Å². The fourth-order valence-corrected chi connectivity index (χ4v) is 1.81. The Morgan fingerprint density at radius 2 is 2.09 bits per heavy atom. The first kappa shape index (κ1) is 16.2. The molecule has 2 rings (SSSR count). The van der Waals surface area contributed by atoms with Crippen molar-refractivity contribution in [2.75, 3.05) is 13.2 Å². The molecule has 0 saturated carbocycles. The molecule has 1 aromatic heterocycles. The SMILES string of the molecule is CCCOCC(=Nc1cc(F)c(F)c(F)c1C)n1ccnc1. The van der Waals surface area contributed by atoms with Crippen LogP contribution in [-0.4, -0.2) is 28.6 Å². The summed E-state index contributed by atoms with van der Waals surface area (Å²) in [6.45, 7) is 3.97. The van der Waals surface area contributed by atoms with Crippen molar-refractivity contribution in [3.63, 3.8) is 0 Å². The van der Waals surface area contributed by atoms with E-state index in [2.05, 4.69) is 9.98 Å². The molecule has 1 aromatic carbocycles. The molecule has 0 bridgehead atoms. The van der Waals surface area contributed by atoms with E-state index in [0.29, 0.717) is 12.4 Å². The lowest BCUT2D eigenvalue weighted by molar-refractivity contribution is 0.170. The lowest BCUT2D eigenvalue weighted by atomic mass is 10.2. The largest absolute Gasteiger partial charge is 0.374 e. The molecule has 0 aliphatic carbocycles. The van der Waals surface area contributed by atoms with Gasteiger partial charge in [-0.3, -0.25) is 4.57 Å². The number of halogens is 3. The molecular weight excluding hydrogens is 295 g/mol. The fraction of sp³-hybridized carbons (Fsp3) is 0.333. The van der Waals surface area contributed by atoms with Gasteiger partial charge in [0, 0.05) is 30.6 Å². The van der Waals surface area contributed by atoms with Crippen LogP contribution < -0.4 is 0 Å².